The Labute approximate surface area is 148 Å². The second-order valence-corrected chi connectivity index (χ2v) is 7.33. The number of rotatable bonds is 4. The second kappa shape index (κ2) is 6.77. The predicted octanol–water partition coefficient (Wildman–Crippen LogP) is 0.107. The van der Waals surface area contributed by atoms with Crippen molar-refractivity contribution in [2.45, 2.75) is 37.5 Å². The number of amides is 2. The number of hydrogen-bond donors (Lipinski definition) is 1. The molecule has 0 radical (unpaired) electrons. The lowest BCUT2D eigenvalue weighted by Gasteiger charge is -2.47. The Morgan fingerprint density at radius 2 is 1.72 bits per heavy atom. The van der Waals surface area contributed by atoms with E-state index in [0.29, 0.717) is 26.1 Å². The fourth-order valence-electron chi connectivity index (χ4n) is 4.34. The van der Waals surface area contributed by atoms with Crippen molar-refractivity contribution in [1.29, 1.82) is 0 Å². The topological polar surface area (TPSA) is 64.1 Å². The molecular formula is C19H25N3O3. The summed E-state index contributed by atoms with van der Waals surface area (Å²) in [4.78, 5) is 31.0. The summed E-state index contributed by atoms with van der Waals surface area (Å²) in [7, 11) is 0. The fourth-order valence-corrected chi connectivity index (χ4v) is 4.34. The second-order valence-electron chi connectivity index (χ2n) is 7.33. The van der Waals surface area contributed by atoms with E-state index < -0.39 is 12.1 Å². The van der Waals surface area contributed by atoms with Gasteiger partial charge in [-0.05, 0) is 24.9 Å². The highest BCUT2D eigenvalue weighted by Crippen LogP contribution is 2.29. The number of fused-ring (bicyclic) bond motifs is 2. The summed E-state index contributed by atoms with van der Waals surface area (Å²) in [5.41, 5.74) is 1.33. The van der Waals surface area contributed by atoms with E-state index >= 15 is 0 Å². The van der Waals surface area contributed by atoms with Crippen molar-refractivity contribution in [3.8, 4) is 0 Å². The molecule has 0 aromatic heterocycles. The van der Waals surface area contributed by atoms with E-state index in [9.17, 15) is 14.7 Å². The van der Waals surface area contributed by atoms with E-state index in [1.54, 1.807) is 9.80 Å². The van der Waals surface area contributed by atoms with Crippen molar-refractivity contribution in [3.63, 3.8) is 0 Å². The molecule has 2 amide bonds. The van der Waals surface area contributed by atoms with E-state index in [1.807, 2.05) is 6.07 Å². The van der Waals surface area contributed by atoms with Crippen LogP contribution < -0.4 is 0 Å². The quantitative estimate of drug-likeness (QED) is 0.843. The maximum atomic E-state index is 12.8. The zero-order valence-corrected chi connectivity index (χ0v) is 14.4. The summed E-state index contributed by atoms with van der Waals surface area (Å²) in [5.74, 6) is 0.0268. The standard InChI is InChI=1S/C19H25N3O3/c23-15-11-16-18(24)21-10-9-20(13-17(21)19(25)22(16)12-15)8-4-7-14-5-2-1-3-6-14/h1-3,5-6,15-17,23H,4,7-13H2/t15-,16+,17-/m1/s1. The van der Waals surface area contributed by atoms with Crippen molar-refractivity contribution in [2.24, 2.45) is 0 Å². The average Bonchev–Trinajstić information content (AvgIpc) is 3.03. The minimum Gasteiger partial charge on any atom is -0.391 e. The van der Waals surface area contributed by atoms with Gasteiger partial charge < -0.3 is 14.9 Å². The molecule has 4 rings (SSSR count). The zero-order valence-electron chi connectivity index (χ0n) is 14.4. The van der Waals surface area contributed by atoms with Gasteiger partial charge in [-0.1, -0.05) is 30.3 Å². The molecule has 0 saturated carbocycles. The molecular weight excluding hydrogens is 318 g/mol. The summed E-state index contributed by atoms with van der Waals surface area (Å²) >= 11 is 0. The molecule has 1 aromatic rings. The van der Waals surface area contributed by atoms with Crippen LogP contribution in [-0.4, -0.2) is 82.5 Å². The molecule has 0 aliphatic carbocycles. The molecule has 6 heteroatoms. The molecule has 1 N–H and O–H groups in total. The summed E-state index contributed by atoms with van der Waals surface area (Å²) in [5, 5.41) is 9.83. The van der Waals surface area contributed by atoms with Crippen LogP contribution in [0.15, 0.2) is 30.3 Å². The number of carbonyl (C=O) groups is 2. The van der Waals surface area contributed by atoms with Crippen LogP contribution in [0.1, 0.15) is 18.4 Å². The Balaban J connectivity index is 1.35. The van der Waals surface area contributed by atoms with Gasteiger partial charge in [0.15, 0.2) is 0 Å². The normalized spacial score (nSPS) is 29.7. The number of carbonyl (C=O) groups excluding carboxylic acids is 2. The minimum absolute atomic E-state index is 0.00825. The van der Waals surface area contributed by atoms with Gasteiger partial charge in [-0.2, -0.15) is 0 Å². The Hall–Kier alpha value is -1.92. The molecule has 0 spiro atoms. The van der Waals surface area contributed by atoms with Gasteiger partial charge in [-0.15, -0.1) is 0 Å². The molecule has 3 heterocycles. The third kappa shape index (κ3) is 3.16. The first kappa shape index (κ1) is 16.5. The Kier molecular flexibility index (Phi) is 4.48. The SMILES string of the molecule is O=C1[C@@H]2C[C@@H](O)CN2C(=O)[C@H]2CN(CCCc3ccccc3)CCN12. The van der Waals surface area contributed by atoms with Crippen LogP contribution in [-0.2, 0) is 16.0 Å². The van der Waals surface area contributed by atoms with E-state index in [0.717, 1.165) is 25.9 Å². The molecule has 3 aliphatic heterocycles. The molecule has 25 heavy (non-hydrogen) atoms. The fraction of sp³-hybridized carbons (Fsp3) is 0.579. The van der Waals surface area contributed by atoms with Crippen LogP contribution in [0.25, 0.3) is 0 Å². The molecule has 0 bridgehead atoms. The lowest BCUT2D eigenvalue weighted by atomic mass is 10.0. The van der Waals surface area contributed by atoms with Crippen LogP contribution in [0.3, 0.4) is 0 Å². The van der Waals surface area contributed by atoms with Gasteiger partial charge in [-0.3, -0.25) is 14.5 Å². The first-order valence-electron chi connectivity index (χ1n) is 9.19. The molecule has 6 nitrogen and oxygen atoms in total. The average molecular weight is 343 g/mol. The van der Waals surface area contributed by atoms with Gasteiger partial charge in [0.05, 0.1) is 6.10 Å². The van der Waals surface area contributed by atoms with Crippen LogP contribution in [0, 0.1) is 0 Å². The van der Waals surface area contributed by atoms with Gasteiger partial charge >= 0.3 is 0 Å². The largest absolute Gasteiger partial charge is 0.391 e. The Bertz CT molecular complexity index is 651. The summed E-state index contributed by atoms with van der Waals surface area (Å²) in [6, 6.07) is 9.60. The Morgan fingerprint density at radius 3 is 2.52 bits per heavy atom. The predicted molar refractivity (Wildman–Crippen MR) is 92.8 cm³/mol. The summed E-state index contributed by atoms with van der Waals surface area (Å²) < 4.78 is 0. The van der Waals surface area contributed by atoms with E-state index in [4.69, 9.17) is 0 Å². The first-order valence-corrected chi connectivity index (χ1v) is 9.19. The van der Waals surface area contributed by atoms with Crippen LogP contribution >= 0.6 is 0 Å². The molecule has 1 aromatic carbocycles. The highest BCUT2D eigenvalue weighted by atomic mass is 16.3. The zero-order chi connectivity index (χ0) is 17.4. The lowest BCUT2D eigenvalue weighted by Crippen LogP contribution is -2.68. The molecule has 0 unspecified atom stereocenters. The Morgan fingerprint density at radius 1 is 0.960 bits per heavy atom. The third-order valence-corrected chi connectivity index (χ3v) is 5.66. The monoisotopic (exact) mass is 343 g/mol. The molecule has 3 saturated heterocycles. The van der Waals surface area contributed by atoms with Crippen molar-refractivity contribution in [3.05, 3.63) is 35.9 Å². The van der Waals surface area contributed by atoms with Gasteiger partial charge in [0.2, 0.25) is 11.8 Å². The van der Waals surface area contributed by atoms with Gasteiger partial charge in [0, 0.05) is 32.6 Å². The number of hydrogen-bond acceptors (Lipinski definition) is 4. The summed E-state index contributed by atoms with van der Waals surface area (Å²) in [6.07, 6.45) is 1.89. The number of piperazine rings is 2. The maximum Gasteiger partial charge on any atom is 0.247 e. The van der Waals surface area contributed by atoms with Gasteiger partial charge in [0.1, 0.15) is 12.1 Å². The highest BCUT2D eigenvalue weighted by Gasteiger charge is 2.51. The van der Waals surface area contributed by atoms with Crippen molar-refractivity contribution in [2.75, 3.05) is 32.7 Å². The van der Waals surface area contributed by atoms with E-state index in [2.05, 4.69) is 29.2 Å². The number of benzene rings is 1. The molecule has 3 fully saturated rings. The first-order chi connectivity index (χ1) is 12.1. The van der Waals surface area contributed by atoms with E-state index in [1.165, 1.54) is 5.56 Å². The maximum absolute atomic E-state index is 12.8. The molecule has 3 atom stereocenters. The number of nitrogens with zero attached hydrogens (tertiary/aromatic N) is 3. The third-order valence-electron chi connectivity index (χ3n) is 5.66. The number of aryl methyl sites for hydroxylation is 1. The van der Waals surface area contributed by atoms with Gasteiger partial charge in [0.25, 0.3) is 0 Å². The van der Waals surface area contributed by atoms with Gasteiger partial charge in [-0.25, -0.2) is 0 Å². The molecule has 134 valence electrons. The van der Waals surface area contributed by atoms with Crippen LogP contribution in [0.2, 0.25) is 0 Å². The molecule has 3 aliphatic rings. The van der Waals surface area contributed by atoms with E-state index in [-0.39, 0.29) is 17.9 Å². The van der Waals surface area contributed by atoms with Crippen molar-refractivity contribution < 1.29 is 14.7 Å². The highest BCUT2D eigenvalue weighted by molar-refractivity contribution is 5.97. The van der Waals surface area contributed by atoms with Crippen LogP contribution in [0.4, 0.5) is 0 Å². The number of aliphatic hydroxyl groups is 1. The smallest absolute Gasteiger partial charge is 0.247 e. The van der Waals surface area contributed by atoms with Crippen LogP contribution in [0.5, 0.6) is 0 Å². The lowest BCUT2D eigenvalue weighted by molar-refractivity contribution is -0.163. The summed E-state index contributed by atoms with van der Waals surface area (Å²) in [6.45, 7) is 3.28. The minimum atomic E-state index is -0.568. The van der Waals surface area contributed by atoms with Crippen molar-refractivity contribution >= 4 is 11.8 Å². The van der Waals surface area contributed by atoms with Crippen molar-refractivity contribution in [1.82, 2.24) is 14.7 Å². The number of aliphatic hydroxyl groups excluding tert-OH is 1.